The number of carbonyl (C=O) groups excluding carboxylic acids is 2. The first-order valence-corrected chi connectivity index (χ1v) is 7.63. The van der Waals surface area contributed by atoms with E-state index in [1.807, 2.05) is 32.0 Å². The van der Waals surface area contributed by atoms with Crippen LogP contribution in [0.1, 0.15) is 44.7 Å². The molecule has 1 rings (SSSR count). The molecule has 1 N–H and O–H groups in total. The highest BCUT2D eigenvalue weighted by Crippen LogP contribution is 2.21. The number of anilines is 1. The number of rotatable bonds is 7. The van der Waals surface area contributed by atoms with E-state index in [9.17, 15) is 9.59 Å². The summed E-state index contributed by atoms with van der Waals surface area (Å²) in [5, 5.41) is 2.99. The molecule has 0 radical (unpaired) electrons. The van der Waals surface area contributed by atoms with Crippen LogP contribution >= 0.6 is 0 Å². The Labute approximate surface area is 127 Å². The summed E-state index contributed by atoms with van der Waals surface area (Å²) in [6.45, 7) is 8.81. The molecule has 0 atom stereocenters. The summed E-state index contributed by atoms with van der Waals surface area (Å²) in [6, 6.07) is 6.03. The largest absolute Gasteiger partial charge is 0.342 e. The number of benzene rings is 1. The smallest absolute Gasteiger partial charge is 0.226 e. The minimum absolute atomic E-state index is 0.0230. The van der Waals surface area contributed by atoms with Crippen LogP contribution in [0.25, 0.3) is 0 Å². The fourth-order valence-corrected chi connectivity index (χ4v) is 2.34. The lowest BCUT2D eigenvalue weighted by atomic mass is 10.1. The number of aryl methyl sites for hydroxylation is 2. The van der Waals surface area contributed by atoms with Gasteiger partial charge in [0.2, 0.25) is 11.8 Å². The van der Waals surface area contributed by atoms with Gasteiger partial charge in [-0.25, -0.2) is 0 Å². The van der Waals surface area contributed by atoms with E-state index in [0.29, 0.717) is 19.5 Å². The van der Waals surface area contributed by atoms with E-state index in [2.05, 4.69) is 12.2 Å². The lowest BCUT2D eigenvalue weighted by Gasteiger charge is -2.20. The highest BCUT2D eigenvalue weighted by Gasteiger charge is 2.12. The Morgan fingerprint density at radius 1 is 1.19 bits per heavy atom. The van der Waals surface area contributed by atoms with Crippen LogP contribution in [0.4, 0.5) is 5.69 Å². The maximum absolute atomic E-state index is 12.1. The molecule has 0 aliphatic rings. The second-order valence-corrected chi connectivity index (χ2v) is 5.27. The molecule has 0 bridgehead atoms. The first-order valence-electron chi connectivity index (χ1n) is 7.63. The number of hydrogen-bond donors (Lipinski definition) is 1. The topological polar surface area (TPSA) is 49.4 Å². The van der Waals surface area contributed by atoms with Gasteiger partial charge in [0.25, 0.3) is 0 Å². The lowest BCUT2D eigenvalue weighted by molar-refractivity contribution is -0.129. The number of nitrogens with one attached hydrogen (secondary N) is 1. The van der Waals surface area contributed by atoms with Crippen molar-refractivity contribution in [2.45, 2.75) is 47.0 Å². The van der Waals surface area contributed by atoms with Gasteiger partial charge in [0, 0.05) is 32.1 Å². The number of amides is 2. The third-order valence-corrected chi connectivity index (χ3v) is 3.55. The van der Waals surface area contributed by atoms with Crippen LogP contribution < -0.4 is 5.32 Å². The number of nitrogens with zero attached hydrogens (tertiary/aromatic N) is 1. The predicted molar refractivity (Wildman–Crippen MR) is 86.3 cm³/mol. The maximum Gasteiger partial charge on any atom is 0.226 e. The molecule has 0 saturated carbocycles. The predicted octanol–water partition coefficient (Wildman–Crippen LogP) is 3.14. The summed E-state index contributed by atoms with van der Waals surface area (Å²) in [6.07, 6.45) is 2.11. The number of carbonyl (C=O) groups is 2. The van der Waals surface area contributed by atoms with Crippen molar-refractivity contribution in [2.24, 2.45) is 0 Å². The summed E-state index contributed by atoms with van der Waals surface area (Å²) >= 11 is 0. The molecule has 21 heavy (non-hydrogen) atoms. The van der Waals surface area contributed by atoms with Gasteiger partial charge < -0.3 is 10.2 Å². The fraction of sp³-hybridized carbons (Fsp3) is 0.529. The van der Waals surface area contributed by atoms with Gasteiger partial charge in [0.15, 0.2) is 0 Å². The molecule has 0 heterocycles. The number of para-hydroxylation sites is 1. The van der Waals surface area contributed by atoms with E-state index in [1.54, 1.807) is 11.8 Å². The van der Waals surface area contributed by atoms with Gasteiger partial charge >= 0.3 is 0 Å². The standard InChI is InChI=1S/C17H26N2O2/c1-5-11-19(14(4)20)12-10-16(21)18-17-13(3)8-7-9-15(17)6-2/h7-9H,5-6,10-12H2,1-4H3,(H,18,21). The van der Waals surface area contributed by atoms with Crippen LogP contribution in [-0.4, -0.2) is 29.8 Å². The molecule has 4 nitrogen and oxygen atoms in total. The Morgan fingerprint density at radius 2 is 1.90 bits per heavy atom. The van der Waals surface area contributed by atoms with E-state index >= 15 is 0 Å². The van der Waals surface area contributed by atoms with Gasteiger partial charge in [0.05, 0.1) is 0 Å². The molecule has 1 aromatic rings. The minimum Gasteiger partial charge on any atom is -0.342 e. The average molecular weight is 290 g/mol. The molecule has 0 aliphatic heterocycles. The molecule has 0 spiro atoms. The van der Waals surface area contributed by atoms with Crippen molar-refractivity contribution in [1.82, 2.24) is 4.90 Å². The van der Waals surface area contributed by atoms with Crippen molar-refractivity contribution in [3.8, 4) is 0 Å². The molecule has 4 heteroatoms. The van der Waals surface area contributed by atoms with Gasteiger partial charge in [-0.15, -0.1) is 0 Å². The number of hydrogen-bond acceptors (Lipinski definition) is 2. The Kier molecular flexibility index (Phi) is 6.92. The van der Waals surface area contributed by atoms with Crippen molar-refractivity contribution < 1.29 is 9.59 Å². The SMILES string of the molecule is CCCN(CCC(=O)Nc1c(C)cccc1CC)C(C)=O. The van der Waals surface area contributed by atoms with Crippen molar-refractivity contribution >= 4 is 17.5 Å². The third kappa shape index (κ3) is 5.21. The molecule has 1 aromatic carbocycles. The monoisotopic (exact) mass is 290 g/mol. The highest BCUT2D eigenvalue weighted by molar-refractivity contribution is 5.92. The highest BCUT2D eigenvalue weighted by atomic mass is 16.2. The van der Waals surface area contributed by atoms with Crippen LogP contribution in [-0.2, 0) is 16.0 Å². The summed E-state index contributed by atoms with van der Waals surface area (Å²) in [5.41, 5.74) is 3.12. The summed E-state index contributed by atoms with van der Waals surface area (Å²) < 4.78 is 0. The maximum atomic E-state index is 12.1. The van der Waals surface area contributed by atoms with E-state index in [4.69, 9.17) is 0 Å². The molecule has 0 fully saturated rings. The lowest BCUT2D eigenvalue weighted by Crippen LogP contribution is -2.32. The molecule has 2 amide bonds. The van der Waals surface area contributed by atoms with E-state index in [0.717, 1.165) is 29.7 Å². The van der Waals surface area contributed by atoms with Crippen molar-refractivity contribution in [3.63, 3.8) is 0 Å². The first-order chi connectivity index (χ1) is 9.99. The Morgan fingerprint density at radius 3 is 2.48 bits per heavy atom. The zero-order chi connectivity index (χ0) is 15.8. The van der Waals surface area contributed by atoms with Crippen LogP contribution in [0, 0.1) is 6.92 Å². The quantitative estimate of drug-likeness (QED) is 0.838. The van der Waals surface area contributed by atoms with Crippen LogP contribution in [0.3, 0.4) is 0 Å². The van der Waals surface area contributed by atoms with Gasteiger partial charge in [-0.2, -0.15) is 0 Å². The molecule has 0 aliphatic carbocycles. The molecule has 0 unspecified atom stereocenters. The molecule has 0 aromatic heterocycles. The summed E-state index contributed by atoms with van der Waals surface area (Å²) in [7, 11) is 0. The van der Waals surface area contributed by atoms with Crippen molar-refractivity contribution in [1.29, 1.82) is 0 Å². The summed E-state index contributed by atoms with van der Waals surface area (Å²) in [4.78, 5) is 25.3. The fourth-order valence-electron chi connectivity index (χ4n) is 2.34. The second kappa shape index (κ2) is 8.45. The van der Waals surface area contributed by atoms with Gasteiger partial charge in [0.1, 0.15) is 0 Å². The Hall–Kier alpha value is -1.84. The molecular formula is C17H26N2O2. The second-order valence-electron chi connectivity index (χ2n) is 5.27. The normalized spacial score (nSPS) is 10.3. The molecular weight excluding hydrogens is 264 g/mol. The van der Waals surface area contributed by atoms with Crippen LogP contribution in [0.2, 0.25) is 0 Å². The van der Waals surface area contributed by atoms with Crippen LogP contribution in [0.15, 0.2) is 18.2 Å². The van der Waals surface area contributed by atoms with Crippen molar-refractivity contribution in [3.05, 3.63) is 29.3 Å². The average Bonchev–Trinajstić information content (AvgIpc) is 2.45. The minimum atomic E-state index is -0.0404. The first kappa shape index (κ1) is 17.2. The van der Waals surface area contributed by atoms with E-state index in [1.165, 1.54) is 0 Å². The summed E-state index contributed by atoms with van der Waals surface area (Å²) in [5.74, 6) is -0.0175. The Balaban J connectivity index is 2.64. The molecule has 116 valence electrons. The zero-order valence-corrected chi connectivity index (χ0v) is 13.5. The van der Waals surface area contributed by atoms with Gasteiger partial charge in [-0.3, -0.25) is 9.59 Å². The van der Waals surface area contributed by atoms with Crippen LogP contribution in [0.5, 0.6) is 0 Å². The van der Waals surface area contributed by atoms with E-state index in [-0.39, 0.29) is 11.8 Å². The zero-order valence-electron chi connectivity index (χ0n) is 13.5. The van der Waals surface area contributed by atoms with Gasteiger partial charge in [-0.1, -0.05) is 32.0 Å². The third-order valence-electron chi connectivity index (χ3n) is 3.55. The molecule has 0 saturated heterocycles. The van der Waals surface area contributed by atoms with E-state index < -0.39 is 0 Å². The van der Waals surface area contributed by atoms with Gasteiger partial charge in [-0.05, 0) is 30.9 Å². The van der Waals surface area contributed by atoms with Crippen molar-refractivity contribution in [2.75, 3.05) is 18.4 Å². The Bertz CT molecular complexity index is 498.